The summed E-state index contributed by atoms with van der Waals surface area (Å²) in [5.41, 5.74) is 8.02. The van der Waals surface area contributed by atoms with Crippen LogP contribution in [0.15, 0.2) is 42.6 Å². The molecule has 0 aliphatic rings. The number of aromatic nitrogens is 1. The van der Waals surface area contributed by atoms with Crippen molar-refractivity contribution < 1.29 is 0 Å². The van der Waals surface area contributed by atoms with E-state index >= 15 is 0 Å². The van der Waals surface area contributed by atoms with E-state index in [2.05, 4.69) is 34.4 Å². The quantitative estimate of drug-likeness (QED) is 0.795. The third-order valence-electron chi connectivity index (χ3n) is 3.21. The lowest BCUT2D eigenvalue weighted by Crippen LogP contribution is -2.21. The first-order valence-electron chi connectivity index (χ1n) is 6.86. The van der Waals surface area contributed by atoms with Gasteiger partial charge >= 0.3 is 0 Å². The molecule has 0 aliphatic heterocycles. The van der Waals surface area contributed by atoms with Crippen molar-refractivity contribution in [2.75, 3.05) is 36.1 Å². The second kappa shape index (κ2) is 7.15. The predicted octanol–water partition coefficient (Wildman–Crippen LogP) is 2.47. The molecule has 0 amide bonds. The fourth-order valence-electron chi connectivity index (χ4n) is 2.03. The first-order chi connectivity index (χ1) is 10.2. The first kappa shape index (κ1) is 14.7. The van der Waals surface area contributed by atoms with Crippen molar-refractivity contribution in [2.45, 2.75) is 6.42 Å². The van der Waals surface area contributed by atoms with Gasteiger partial charge in [0.1, 0.15) is 11.9 Å². The van der Waals surface area contributed by atoms with Crippen molar-refractivity contribution in [1.82, 2.24) is 4.98 Å². The Labute approximate surface area is 125 Å². The van der Waals surface area contributed by atoms with Gasteiger partial charge in [0, 0.05) is 32.0 Å². The van der Waals surface area contributed by atoms with Gasteiger partial charge in [-0.25, -0.2) is 4.98 Å². The van der Waals surface area contributed by atoms with Gasteiger partial charge in [-0.1, -0.05) is 18.2 Å². The Morgan fingerprint density at radius 3 is 2.76 bits per heavy atom. The molecule has 2 rings (SSSR count). The van der Waals surface area contributed by atoms with Gasteiger partial charge in [0.15, 0.2) is 0 Å². The standard InChI is InChI=1S/C16H19N5/c1-21(14-6-3-2-4-7-14)9-5-8-19-16-15(18)10-13(11-17)12-20-16/h2-4,6-7,10,12H,5,8-9,18H2,1H3,(H,19,20). The molecular weight excluding hydrogens is 262 g/mol. The third kappa shape index (κ3) is 4.11. The number of hydrogen-bond donors (Lipinski definition) is 2. The molecular formula is C16H19N5. The molecule has 0 unspecified atom stereocenters. The van der Waals surface area contributed by atoms with Gasteiger partial charge in [-0.05, 0) is 24.6 Å². The van der Waals surface area contributed by atoms with Crippen LogP contribution in [0.1, 0.15) is 12.0 Å². The van der Waals surface area contributed by atoms with E-state index < -0.39 is 0 Å². The monoisotopic (exact) mass is 281 g/mol. The second-order valence-electron chi connectivity index (χ2n) is 4.81. The maximum absolute atomic E-state index is 8.76. The molecule has 0 aliphatic carbocycles. The summed E-state index contributed by atoms with van der Waals surface area (Å²) in [5, 5.41) is 12.0. The number of para-hydroxylation sites is 1. The smallest absolute Gasteiger partial charge is 0.149 e. The minimum absolute atomic E-state index is 0.474. The number of nitrogens with zero attached hydrogens (tertiary/aromatic N) is 3. The summed E-state index contributed by atoms with van der Waals surface area (Å²) in [7, 11) is 2.07. The molecule has 3 N–H and O–H groups in total. The highest BCUT2D eigenvalue weighted by molar-refractivity contribution is 5.63. The molecule has 1 aromatic carbocycles. The molecule has 0 radical (unpaired) electrons. The minimum atomic E-state index is 0.474. The SMILES string of the molecule is CN(CCCNc1ncc(C#N)cc1N)c1ccccc1. The van der Waals surface area contributed by atoms with E-state index in [-0.39, 0.29) is 0 Å². The van der Waals surface area contributed by atoms with Gasteiger partial charge in [0.05, 0.1) is 11.3 Å². The van der Waals surface area contributed by atoms with Crippen molar-refractivity contribution in [2.24, 2.45) is 0 Å². The van der Waals surface area contributed by atoms with E-state index in [9.17, 15) is 0 Å². The molecule has 0 bridgehead atoms. The maximum atomic E-state index is 8.76. The number of benzene rings is 1. The maximum Gasteiger partial charge on any atom is 0.149 e. The van der Waals surface area contributed by atoms with Gasteiger partial charge in [0.2, 0.25) is 0 Å². The van der Waals surface area contributed by atoms with Crippen LogP contribution in [-0.4, -0.2) is 25.1 Å². The molecule has 108 valence electrons. The van der Waals surface area contributed by atoms with E-state index in [1.807, 2.05) is 24.3 Å². The fourth-order valence-corrected chi connectivity index (χ4v) is 2.03. The fraction of sp³-hybridized carbons (Fsp3) is 0.250. The summed E-state index contributed by atoms with van der Waals surface area (Å²) in [6.07, 6.45) is 2.49. The van der Waals surface area contributed by atoms with Gasteiger partial charge in [-0.2, -0.15) is 5.26 Å². The van der Waals surface area contributed by atoms with Crippen molar-refractivity contribution >= 4 is 17.2 Å². The molecule has 0 spiro atoms. The zero-order chi connectivity index (χ0) is 15.1. The third-order valence-corrected chi connectivity index (χ3v) is 3.21. The van der Waals surface area contributed by atoms with Crippen molar-refractivity contribution in [1.29, 1.82) is 5.26 Å². The van der Waals surface area contributed by atoms with Gasteiger partial charge < -0.3 is 16.0 Å². The lowest BCUT2D eigenvalue weighted by Gasteiger charge is -2.19. The Morgan fingerprint density at radius 1 is 1.33 bits per heavy atom. The zero-order valence-electron chi connectivity index (χ0n) is 12.1. The van der Waals surface area contributed by atoms with Crippen LogP contribution in [0.4, 0.5) is 17.2 Å². The summed E-state index contributed by atoms with van der Waals surface area (Å²) in [5.74, 6) is 0.636. The molecule has 0 saturated carbocycles. The Hall–Kier alpha value is -2.74. The Morgan fingerprint density at radius 2 is 2.10 bits per heavy atom. The molecule has 2 aromatic rings. The number of anilines is 3. The Bertz CT molecular complexity index is 618. The molecule has 0 fully saturated rings. The number of nitriles is 1. The molecule has 21 heavy (non-hydrogen) atoms. The van der Waals surface area contributed by atoms with Crippen LogP contribution in [0.25, 0.3) is 0 Å². The van der Waals surface area contributed by atoms with Crippen LogP contribution in [0.3, 0.4) is 0 Å². The first-order valence-corrected chi connectivity index (χ1v) is 6.86. The number of hydrogen-bond acceptors (Lipinski definition) is 5. The molecule has 5 nitrogen and oxygen atoms in total. The van der Waals surface area contributed by atoms with Gasteiger partial charge in [0.25, 0.3) is 0 Å². The minimum Gasteiger partial charge on any atom is -0.396 e. The molecule has 5 heteroatoms. The van der Waals surface area contributed by atoms with Crippen LogP contribution < -0.4 is 16.0 Å². The van der Waals surface area contributed by atoms with Crippen molar-refractivity contribution in [3.63, 3.8) is 0 Å². The van der Waals surface area contributed by atoms with Gasteiger partial charge in [-0.15, -0.1) is 0 Å². The van der Waals surface area contributed by atoms with Crippen molar-refractivity contribution in [3.8, 4) is 6.07 Å². The Kier molecular flexibility index (Phi) is 4.99. The van der Waals surface area contributed by atoms with Crippen LogP contribution in [0, 0.1) is 11.3 Å². The van der Waals surface area contributed by atoms with Crippen LogP contribution in [0.2, 0.25) is 0 Å². The summed E-state index contributed by atoms with van der Waals surface area (Å²) in [6, 6.07) is 13.9. The van der Waals surface area contributed by atoms with Crippen LogP contribution in [0.5, 0.6) is 0 Å². The molecule has 1 aromatic heterocycles. The summed E-state index contributed by atoms with van der Waals surface area (Å²) >= 11 is 0. The van der Waals surface area contributed by atoms with Gasteiger partial charge in [-0.3, -0.25) is 0 Å². The van der Waals surface area contributed by atoms with Crippen LogP contribution >= 0.6 is 0 Å². The average molecular weight is 281 g/mol. The topological polar surface area (TPSA) is 78.0 Å². The van der Waals surface area contributed by atoms with Crippen LogP contribution in [-0.2, 0) is 0 Å². The number of pyridine rings is 1. The summed E-state index contributed by atoms with van der Waals surface area (Å²) < 4.78 is 0. The lowest BCUT2D eigenvalue weighted by atomic mass is 10.2. The van der Waals surface area contributed by atoms with Crippen molar-refractivity contribution in [3.05, 3.63) is 48.2 Å². The van der Waals surface area contributed by atoms with E-state index in [1.54, 1.807) is 6.07 Å². The highest BCUT2D eigenvalue weighted by Gasteiger charge is 2.03. The predicted molar refractivity (Wildman–Crippen MR) is 86.2 cm³/mol. The summed E-state index contributed by atoms with van der Waals surface area (Å²) in [6.45, 7) is 1.72. The number of nitrogen functional groups attached to an aromatic ring is 1. The average Bonchev–Trinajstić information content (AvgIpc) is 2.53. The normalized spacial score (nSPS) is 9.90. The highest BCUT2D eigenvalue weighted by atomic mass is 15.1. The number of nitrogens with two attached hydrogens (primary N) is 1. The Balaban J connectivity index is 1.79. The lowest BCUT2D eigenvalue weighted by molar-refractivity contribution is 0.814. The largest absolute Gasteiger partial charge is 0.396 e. The molecule has 0 atom stereocenters. The van der Waals surface area contributed by atoms with E-state index in [0.29, 0.717) is 17.1 Å². The molecule has 1 heterocycles. The second-order valence-corrected chi connectivity index (χ2v) is 4.81. The van der Waals surface area contributed by atoms with E-state index in [1.165, 1.54) is 11.9 Å². The van der Waals surface area contributed by atoms with E-state index in [0.717, 1.165) is 19.5 Å². The zero-order valence-corrected chi connectivity index (χ0v) is 12.1. The summed E-state index contributed by atoms with van der Waals surface area (Å²) in [4.78, 5) is 6.36. The number of rotatable bonds is 6. The number of nitrogens with one attached hydrogen (secondary N) is 1. The highest BCUT2D eigenvalue weighted by Crippen LogP contribution is 2.16. The molecule has 0 saturated heterocycles. The van der Waals surface area contributed by atoms with E-state index in [4.69, 9.17) is 11.0 Å².